The number of methoxy groups -OCH3 is 1. The van der Waals surface area contributed by atoms with Crippen molar-refractivity contribution in [2.45, 2.75) is 17.4 Å². The minimum atomic E-state index is -4.14. The molecule has 0 radical (unpaired) electrons. The van der Waals surface area contributed by atoms with Crippen molar-refractivity contribution < 1.29 is 32.2 Å². The van der Waals surface area contributed by atoms with Crippen LogP contribution in [-0.2, 0) is 19.6 Å². The Labute approximate surface area is 127 Å². The highest BCUT2D eigenvalue weighted by Crippen LogP contribution is 2.25. The van der Waals surface area contributed by atoms with Gasteiger partial charge in [0.2, 0.25) is 10.0 Å². The van der Waals surface area contributed by atoms with Crippen LogP contribution in [0.15, 0.2) is 23.1 Å². The van der Waals surface area contributed by atoms with Crippen LogP contribution in [0.3, 0.4) is 0 Å². The molecule has 1 aromatic carbocycles. The molecule has 2 rings (SSSR count). The van der Waals surface area contributed by atoms with Gasteiger partial charge in [0.05, 0.1) is 19.1 Å². The molecule has 7 nitrogen and oxygen atoms in total. The van der Waals surface area contributed by atoms with Crippen LogP contribution in [0.2, 0.25) is 0 Å². The SMILES string of the molecule is COc1cccc(S(=O)(=O)NCC2OCCC2C(=O)O)c1F. The van der Waals surface area contributed by atoms with E-state index in [0.29, 0.717) is 6.42 Å². The molecule has 122 valence electrons. The summed E-state index contributed by atoms with van der Waals surface area (Å²) in [5.41, 5.74) is 0. The molecule has 1 aromatic rings. The third kappa shape index (κ3) is 3.37. The summed E-state index contributed by atoms with van der Waals surface area (Å²) in [5.74, 6) is -3.02. The van der Waals surface area contributed by atoms with Crippen LogP contribution in [0, 0.1) is 11.7 Å². The van der Waals surface area contributed by atoms with E-state index in [9.17, 15) is 17.6 Å². The predicted octanol–water partition coefficient (Wildman–Crippen LogP) is 0.602. The zero-order valence-electron chi connectivity index (χ0n) is 11.8. The highest BCUT2D eigenvalue weighted by atomic mass is 32.2. The van der Waals surface area contributed by atoms with Gasteiger partial charge in [-0.2, -0.15) is 0 Å². The lowest BCUT2D eigenvalue weighted by atomic mass is 10.0. The third-order valence-electron chi connectivity index (χ3n) is 3.44. The maximum absolute atomic E-state index is 14.0. The minimum absolute atomic E-state index is 0.191. The Kier molecular flexibility index (Phi) is 4.99. The molecule has 1 aliphatic heterocycles. The summed E-state index contributed by atoms with van der Waals surface area (Å²) >= 11 is 0. The molecule has 22 heavy (non-hydrogen) atoms. The second-order valence-corrected chi connectivity index (χ2v) is 6.50. The fourth-order valence-electron chi connectivity index (χ4n) is 2.26. The second-order valence-electron chi connectivity index (χ2n) is 4.77. The van der Waals surface area contributed by atoms with E-state index in [1.165, 1.54) is 19.2 Å². The number of hydrogen-bond donors (Lipinski definition) is 2. The highest BCUT2D eigenvalue weighted by Gasteiger charge is 2.35. The number of hydrogen-bond acceptors (Lipinski definition) is 5. The van der Waals surface area contributed by atoms with Gasteiger partial charge < -0.3 is 14.6 Å². The number of ether oxygens (including phenoxy) is 2. The number of carbonyl (C=O) groups is 1. The van der Waals surface area contributed by atoms with Crippen molar-refractivity contribution in [1.82, 2.24) is 4.72 Å². The quantitative estimate of drug-likeness (QED) is 0.790. The monoisotopic (exact) mass is 333 g/mol. The van der Waals surface area contributed by atoms with E-state index in [2.05, 4.69) is 4.72 Å². The van der Waals surface area contributed by atoms with Gasteiger partial charge >= 0.3 is 5.97 Å². The molecule has 0 aliphatic carbocycles. The Morgan fingerprint density at radius 2 is 2.27 bits per heavy atom. The first-order valence-electron chi connectivity index (χ1n) is 6.53. The fourth-order valence-corrected chi connectivity index (χ4v) is 3.39. The minimum Gasteiger partial charge on any atom is -0.494 e. The molecule has 1 aliphatic rings. The van der Waals surface area contributed by atoms with Gasteiger partial charge in [-0.15, -0.1) is 0 Å². The summed E-state index contributed by atoms with van der Waals surface area (Å²) in [6.45, 7) is 0.00678. The number of carboxylic acid groups (broad SMARTS) is 1. The molecule has 0 spiro atoms. The normalized spacial score (nSPS) is 21.7. The van der Waals surface area contributed by atoms with Crippen LogP contribution in [0.1, 0.15) is 6.42 Å². The largest absolute Gasteiger partial charge is 0.494 e. The molecule has 2 atom stereocenters. The summed E-state index contributed by atoms with van der Waals surface area (Å²) in [6, 6.07) is 3.75. The van der Waals surface area contributed by atoms with Crippen molar-refractivity contribution in [3.05, 3.63) is 24.0 Å². The molecule has 9 heteroatoms. The van der Waals surface area contributed by atoms with Crippen LogP contribution >= 0.6 is 0 Å². The van der Waals surface area contributed by atoms with Crippen LogP contribution in [0.5, 0.6) is 5.75 Å². The number of sulfonamides is 1. The van der Waals surface area contributed by atoms with Gasteiger partial charge in [0, 0.05) is 13.2 Å². The fraction of sp³-hybridized carbons (Fsp3) is 0.462. The number of carboxylic acids is 1. The first kappa shape index (κ1) is 16.7. The van der Waals surface area contributed by atoms with Crippen molar-refractivity contribution in [2.24, 2.45) is 5.92 Å². The summed E-state index contributed by atoms with van der Waals surface area (Å²) in [4.78, 5) is 10.5. The van der Waals surface area contributed by atoms with Gasteiger partial charge in [-0.3, -0.25) is 4.79 Å². The molecule has 2 unspecified atom stereocenters. The highest BCUT2D eigenvalue weighted by molar-refractivity contribution is 7.89. The second kappa shape index (κ2) is 6.59. The first-order chi connectivity index (χ1) is 10.4. The van der Waals surface area contributed by atoms with Crippen LogP contribution < -0.4 is 9.46 Å². The first-order valence-corrected chi connectivity index (χ1v) is 8.01. The molecule has 2 N–H and O–H groups in total. The van der Waals surface area contributed by atoms with E-state index >= 15 is 0 Å². The molecule has 0 bridgehead atoms. The molecular weight excluding hydrogens is 317 g/mol. The van der Waals surface area contributed by atoms with Gasteiger partial charge in [0.1, 0.15) is 4.90 Å². The van der Waals surface area contributed by atoms with E-state index in [-0.39, 0.29) is 18.9 Å². The third-order valence-corrected chi connectivity index (χ3v) is 4.88. The average molecular weight is 333 g/mol. The molecule has 1 saturated heterocycles. The summed E-state index contributed by atoms with van der Waals surface area (Å²) < 4.78 is 50.4. The Morgan fingerprint density at radius 3 is 2.91 bits per heavy atom. The maximum Gasteiger partial charge on any atom is 0.309 e. The van der Waals surface area contributed by atoms with E-state index in [1.54, 1.807) is 0 Å². The van der Waals surface area contributed by atoms with Crippen molar-refractivity contribution in [3.8, 4) is 5.75 Å². The average Bonchev–Trinajstić information content (AvgIpc) is 2.94. The lowest BCUT2D eigenvalue weighted by molar-refractivity contribution is -0.143. The van der Waals surface area contributed by atoms with Crippen LogP contribution in [0.4, 0.5) is 4.39 Å². The van der Waals surface area contributed by atoms with Crippen molar-refractivity contribution in [1.29, 1.82) is 0 Å². The number of halogens is 1. The van der Waals surface area contributed by atoms with Crippen molar-refractivity contribution >= 4 is 16.0 Å². The van der Waals surface area contributed by atoms with Gasteiger partial charge in [0.15, 0.2) is 11.6 Å². The standard InChI is InChI=1S/C13H16FNO6S/c1-20-9-3-2-4-11(12(9)14)22(18,19)15-7-10-8(13(16)17)5-6-21-10/h2-4,8,10,15H,5-7H2,1H3,(H,16,17). The number of aliphatic carboxylic acids is 1. The van der Waals surface area contributed by atoms with E-state index in [1.807, 2.05) is 0 Å². The molecule has 1 heterocycles. The maximum atomic E-state index is 14.0. The zero-order valence-corrected chi connectivity index (χ0v) is 12.6. The Morgan fingerprint density at radius 1 is 1.55 bits per heavy atom. The van der Waals surface area contributed by atoms with Crippen LogP contribution in [0.25, 0.3) is 0 Å². The summed E-state index contributed by atoms with van der Waals surface area (Å²) in [7, 11) is -2.91. The number of benzene rings is 1. The van der Waals surface area contributed by atoms with Crippen molar-refractivity contribution in [2.75, 3.05) is 20.3 Å². The van der Waals surface area contributed by atoms with E-state index in [4.69, 9.17) is 14.6 Å². The van der Waals surface area contributed by atoms with Crippen molar-refractivity contribution in [3.63, 3.8) is 0 Å². The van der Waals surface area contributed by atoms with Crippen LogP contribution in [-0.4, -0.2) is 45.9 Å². The molecule has 0 amide bonds. The topological polar surface area (TPSA) is 102 Å². The van der Waals surface area contributed by atoms with Gasteiger partial charge in [-0.05, 0) is 18.6 Å². The molecular formula is C13H16FNO6S. The Bertz CT molecular complexity index is 662. The van der Waals surface area contributed by atoms with Gasteiger partial charge in [0.25, 0.3) is 0 Å². The van der Waals surface area contributed by atoms with E-state index in [0.717, 1.165) is 6.07 Å². The lowest BCUT2D eigenvalue weighted by Crippen LogP contribution is -2.37. The lowest BCUT2D eigenvalue weighted by Gasteiger charge is -2.16. The summed E-state index contributed by atoms with van der Waals surface area (Å²) in [5, 5.41) is 9.01. The predicted molar refractivity (Wildman–Crippen MR) is 73.6 cm³/mol. The number of rotatable bonds is 6. The zero-order chi connectivity index (χ0) is 16.3. The molecule has 1 fully saturated rings. The Hall–Kier alpha value is -1.71. The van der Waals surface area contributed by atoms with Gasteiger partial charge in [-0.25, -0.2) is 17.5 Å². The summed E-state index contributed by atoms with van der Waals surface area (Å²) in [6.07, 6.45) is -0.462. The number of nitrogens with one attached hydrogen (secondary N) is 1. The van der Waals surface area contributed by atoms with E-state index < -0.39 is 38.7 Å². The molecule has 0 saturated carbocycles. The van der Waals surface area contributed by atoms with Gasteiger partial charge in [-0.1, -0.05) is 6.07 Å². The smallest absolute Gasteiger partial charge is 0.309 e. The Balaban J connectivity index is 2.14. The molecule has 0 aromatic heterocycles.